The Hall–Kier alpha value is -1.94. The molecule has 0 aliphatic heterocycles. The molecule has 0 amide bonds. The summed E-state index contributed by atoms with van der Waals surface area (Å²) in [5, 5.41) is 10.6. The van der Waals surface area contributed by atoms with Crippen molar-refractivity contribution in [3.8, 4) is 0 Å². The zero-order valence-corrected chi connectivity index (χ0v) is 62.9. The van der Waals surface area contributed by atoms with Crippen molar-refractivity contribution in [3.05, 3.63) is 0 Å². The van der Waals surface area contributed by atoms with Crippen LogP contribution >= 0.6 is 15.6 Å². The van der Waals surface area contributed by atoms with Gasteiger partial charge in [-0.05, 0) is 31.6 Å². The third kappa shape index (κ3) is 68.6. The number of carbonyl (C=O) groups excluding carboxylic acids is 4. The SMILES string of the molecule is CCCCCCCCCCCCCCCCCCCCCCCC(=O)O[C@H](COC(=O)CCCCCCCCCCCCCCCCCC)COP(=O)(O)OC[C@@H](O)COP(=O)(O)OC[C@@H](COC(=O)CCCCCCCCC)OC(=O)CCCCCCCCCC(C)C. The van der Waals surface area contributed by atoms with E-state index in [0.29, 0.717) is 31.6 Å². The third-order valence-corrected chi connectivity index (χ3v) is 19.4. The molecule has 5 atom stereocenters. The molecule has 0 aromatic carbocycles. The van der Waals surface area contributed by atoms with Gasteiger partial charge in [-0.2, -0.15) is 0 Å². The van der Waals surface area contributed by atoms with Crippen LogP contribution in [0.5, 0.6) is 0 Å². The molecule has 0 aliphatic carbocycles. The van der Waals surface area contributed by atoms with Crippen LogP contribution in [0.1, 0.15) is 394 Å². The Morgan fingerprint density at radius 3 is 0.723 bits per heavy atom. The molecule has 3 N–H and O–H groups in total. The topological polar surface area (TPSA) is 237 Å². The molecule has 19 heteroatoms. The predicted octanol–water partition coefficient (Wildman–Crippen LogP) is 22.1. The zero-order chi connectivity index (χ0) is 69.1. The minimum absolute atomic E-state index is 0.103. The number of aliphatic hydroxyl groups is 1. The van der Waals surface area contributed by atoms with E-state index in [-0.39, 0.29) is 25.7 Å². The van der Waals surface area contributed by atoms with E-state index in [1.165, 1.54) is 205 Å². The van der Waals surface area contributed by atoms with Gasteiger partial charge >= 0.3 is 39.5 Å². The van der Waals surface area contributed by atoms with Gasteiger partial charge in [0.25, 0.3) is 0 Å². The molecule has 2 unspecified atom stereocenters. The summed E-state index contributed by atoms with van der Waals surface area (Å²) in [5.74, 6) is -1.43. The van der Waals surface area contributed by atoms with Gasteiger partial charge < -0.3 is 33.8 Å². The number of hydrogen-bond donors (Lipinski definition) is 3. The Balaban J connectivity index is 5.15. The summed E-state index contributed by atoms with van der Waals surface area (Å²) in [6.07, 6.45) is 57.3. The molecule has 0 aliphatic rings. The minimum atomic E-state index is -4.95. The van der Waals surface area contributed by atoms with Crippen LogP contribution in [0.25, 0.3) is 0 Å². The Morgan fingerprint density at radius 1 is 0.287 bits per heavy atom. The number of aliphatic hydroxyl groups excluding tert-OH is 1. The van der Waals surface area contributed by atoms with Crippen molar-refractivity contribution in [2.75, 3.05) is 39.6 Å². The molecule has 94 heavy (non-hydrogen) atoms. The van der Waals surface area contributed by atoms with Gasteiger partial charge in [-0.25, -0.2) is 9.13 Å². The maximum Gasteiger partial charge on any atom is 0.472 e. The molecule has 17 nitrogen and oxygen atoms in total. The van der Waals surface area contributed by atoms with Gasteiger partial charge in [0.1, 0.15) is 19.3 Å². The lowest BCUT2D eigenvalue weighted by Gasteiger charge is -2.21. The fourth-order valence-electron chi connectivity index (χ4n) is 11.5. The predicted molar refractivity (Wildman–Crippen MR) is 382 cm³/mol. The Labute approximate surface area is 575 Å². The second-order valence-electron chi connectivity index (χ2n) is 27.5. The van der Waals surface area contributed by atoms with Crippen LogP contribution in [0, 0.1) is 5.92 Å². The van der Waals surface area contributed by atoms with E-state index in [2.05, 4.69) is 34.6 Å². The molecule has 0 aromatic rings. The molecule has 0 rings (SSSR count). The van der Waals surface area contributed by atoms with Crippen LogP contribution in [0.15, 0.2) is 0 Å². The third-order valence-electron chi connectivity index (χ3n) is 17.5. The lowest BCUT2D eigenvalue weighted by molar-refractivity contribution is -0.161. The molecule has 0 fully saturated rings. The second-order valence-corrected chi connectivity index (χ2v) is 30.4. The molecule has 0 spiro atoms. The monoisotopic (exact) mass is 1380 g/mol. The first-order chi connectivity index (χ1) is 45.5. The van der Waals surface area contributed by atoms with Crippen molar-refractivity contribution in [1.29, 1.82) is 0 Å². The number of hydrogen-bond acceptors (Lipinski definition) is 15. The van der Waals surface area contributed by atoms with Crippen molar-refractivity contribution >= 4 is 39.5 Å². The Bertz CT molecular complexity index is 1810. The summed E-state index contributed by atoms with van der Waals surface area (Å²) in [6.45, 7) is 7.17. The van der Waals surface area contributed by atoms with Crippen molar-refractivity contribution in [2.45, 2.75) is 412 Å². The van der Waals surface area contributed by atoms with Crippen molar-refractivity contribution in [3.63, 3.8) is 0 Å². The summed E-state index contributed by atoms with van der Waals surface area (Å²) >= 11 is 0. The number of phosphoric ester groups is 2. The molecule has 0 saturated carbocycles. The van der Waals surface area contributed by atoms with Crippen LogP contribution in [-0.2, 0) is 65.4 Å². The zero-order valence-electron chi connectivity index (χ0n) is 61.1. The summed E-state index contributed by atoms with van der Waals surface area (Å²) < 4.78 is 68.3. The molecular weight excluding hydrogens is 1230 g/mol. The van der Waals surface area contributed by atoms with E-state index in [9.17, 15) is 43.2 Å². The fourth-order valence-corrected chi connectivity index (χ4v) is 13.1. The van der Waals surface area contributed by atoms with E-state index in [1.54, 1.807) is 0 Å². The first kappa shape index (κ1) is 92.1. The number of esters is 4. The van der Waals surface area contributed by atoms with Crippen molar-refractivity contribution in [2.24, 2.45) is 5.92 Å². The average Bonchev–Trinajstić information content (AvgIpc) is 1.54. The highest BCUT2D eigenvalue weighted by Crippen LogP contribution is 2.45. The molecule has 0 saturated heterocycles. The smallest absolute Gasteiger partial charge is 0.462 e. The molecule has 0 aromatic heterocycles. The molecule has 0 radical (unpaired) electrons. The second kappa shape index (κ2) is 68.2. The highest BCUT2D eigenvalue weighted by Gasteiger charge is 2.30. The first-order valence-electron chi connectivity index (χ1n) is 39.1. The Kier molecular flexibility index (Phi) is 66.8. The molecule has 0 heterocycles. The van der Waals surface area contributed by atoms with Gasteiger partial charge in [0.2, 0.25) is 0 Å². The first-order valence-corrected chi connectivity index (χ1v) is 42.1. The number of unbranched alkanes of at least 4 members (excludes halogenated alkanes) is 47. The maximum absolute atomic E-state index is 13.1. The summed E-state index contributed by atoms with van der Waals surface area (Å²) in [5.41, 5.74) is 0. The van der Waals surface area contributed by atoms with E-state index >= 15 is 0 Å². The van der Waals surface area contributed by atoms with Crippen LogP contribution < -0.4 is 0 Å². The van der Waals surface area contributed by atoms with Gasteiger partial charge in [0, 0.05) is 25.7 Å². The van der Waals surface area contributed by atoms with Gasteiger partial charge in [0.15, 0.2) is 12.2 Å². The quantitative estimate of drug-likeness (QED) is 0.0222. The van der Waals surface area contributed by atoms with E-state index in [0.717, 1.165) is 103 Å². The minimum Gasteiger partial charge on any atom is -0.462 e. The summed E-state index contributed by atoms with van der Waals surface area (Å²) in [6, 6.07) is 0. The van der Waals surface area contributed by atoms with Crippen LogP contribution in [0.3, 0.4) is 0 Å². The number of phosphoric acid groups is 2. The number of rotatable bonds is 75. The van der Waals surface area contributed by atoms with Crippen LogP contribution in [0.2, 0.25) is 0 Å². The van der Waals surface area contributed by atoms with Crippen molar-refractivity contribution < 1.29 is 80.2 Å². The lowest BCUT2D eigenvalue weighted by Crippen LogP contribution is -2.30. The highest BCUT2D eigenvalue weighted by molar-refractivity contribution is 7.47. The van der Waals surface area contributed by atoms with Crippen LogP contribution in [0.4, 0.5) is 0 Å². The molecular formula is C75H146O17P2. The highest BCUT2D eigenvalue weighted by atomic mass is 31.2. The van der Waals surface area contributed by atoms with Crippen molar-refractivity contribution in [1.82, 2.24) is 0 Å². The van der Waals surface area contributed by atoms with Gasteiger partial charge in [0.05, 0.1) is 26.4 Å². The van der Waals surface area contributed by atoms with E-state index < -0.39 is 97.5 Å². The van der Waals surface area contributed by atoms with E-state index in [4.69, 9.17) is 37.0 Å². The normalized spacial score (nSPS) is 14.0. The lowest BCUT2D eigenvalue weighted by atomic mass is 10.0. The number of ether oxygens (including phenoxy) is 4. The molecule has 0 bridgehead atoms. The number of carbonyl (C=O) groups is 4. The standard InChI is InChI=1S/C75H146O17P2/c1-6-9-12-15-18-20-22-24-26-28-29-30-31-32-34-36-38-40-45-50-55-60-74(79)91-71(65-86-73(78)59-54-49-44-39-37-35-33-27-25-23-21-19-16-13-10-7-2)67-90-94(83,84)88-63-69(76)62-87-93(81,82)89-66-70(64-85-72(77)58-53-48-42-17-14-11-8-3)92-75(80)61-56-51-46-41-43-47-52-57-68(4)5/h68-71,76H,6-67H2,1-5H3,(H,81,82)(H,83,84)/t69-,70+,71+/m0/s1. The van der Waals surface area contributed by atoms with Gasteiger partial charge in [-0.3, -0.25) is 37.3 Å². The summed E-state index contributed by atoms with van der Waals surface area (Å²) in [4.78, 5) is 72.6. The van der Waals surface area contributed by atoms with Gasteiger partial charge in [-0.15, -0.1) is 0 Å². The maximum atomic E-state index is 13.1. The van der Waals surface area contributed by atoms with E-state index in [1.807, 2.05) is 0 Å². The Morgan fingerprint density at radius 2 is 0.489 bits per heavy atom. The van der Waals surface area contributed by atoms with Crippen LogP contribution in [-0.4, -0.2) is 96.7 Å². The average molecular weight is 1380 g/mol. The summed E-state index contributed by atoms with van der Waals surface area (Å²) in [7, 11) is -9.90. The largest absolute Gasteiger partial charge is 0.472 e. The van der Waals surface area contributed by atoms with Gasteiger partial charge in [-0.1, -0.05) is 343 Å². The molecule has 558 valence electrons. The fraction of sp³-hybridized carbons (Fsp3) is 0.947.